The van der Waals surface area contributed by atoms with Gasteiger partial charge in [0.1, 0.15) is 12.1 Å². The summed E-state index contributed by atoms with van der Waals surface area (Å²) in [5.41, 5.74) is 4.88. The Morgan fingerprint density at radius 3 is 2.39 bits per heavy atom. The lowest BCUT2D eigenvalue weighted by atomic mass is 9.92. The van der Waals surface area contributed by atoms with Gasteiger partial charge in [0.15, 0.2) is 5.65 Å². The third-order valence-electron chi connectivity index (χ3n) is 9.93. The number of carbonyl (C=O) groups is 1. The lowest BCUT2D eigenvalue weighted by Crippen LogP contribution is -2.52. The number of benzene rings is 2. The van der Waals surface area contributed by atoms with Crippen LogP contribution in [0.1, 0.15) is 78.9 Å². The molecule has 1 N–H and O–H groups in total. The lowest BCUT2D eigenvalue weighted by Gasteiger charge is -2.39. The number of amides is 1. The van der Waals surface area contributed by atoms with Crippen LogP contribution in [0.25, 0.3) is 22.4 Å². The molecule has 3 atom stereocenters. The maximum atomic E-state index is 14.8. The highest BCUT2D eigenvalue weighted by atomic mass is 32.2. The van der Waals surface area contributed by atoms with Gasteiger partial charge in [-0.3, -0.25) is 14.5 Å². The summed E-state index contributed by atoms with van der Waals surface area (Å²) in [5, 5.41) is 0. The molecular weight excluding hydrogens is 724 g/mol. The highest BCUT2D eigenvalue weighted by Crippen LogP contribution is 2.39. The first-order chi connectivity index (χ1) is 25.4. The Balaban J connectivity index is 1.43. The number of fused-ring (bicyclic) bond motifs is 6. The smallest absolute Gasteiger partial charge is 0.475 e. The molecular formula is C38H40F3N7O5S. The predicted octanol–water partition coefficient (Wildman–Crippen LogP) is 7.17. The van der Waals surface area contributed by atoms with E-state index in [0.717, 1.165) is 16.8 Å². The number of aryl methyl sites for hydroxylation is 3. The van der Waals surface area contributed by atoms with Gasteiger partial charge in [0.2, 0.25) is 11.8 Å². The number of carbonyl (C=O) groups excluding carboxylic acids is 1. The van der Waals surface area contributed by atoms with Crippen molar-refractivity contribution in [2.45, 2.75) is 88.7 Å². The molecule has 0 saturated carbocycles. The van der Waals surface area contributed by atoms with E-state index in [-0.39, 0.29) is 47.0 Å². The summed E-state index contributed by atoms with van der Waals surface area (Å²) in [4.78, 5) is 34.3. The molecule has 0 aliphatic carbocycles. The van der Waals surface area contributed by atoms with E-state index in [9.17, 15) is 26.4 Å². The zero-order valence-corrected chi connectivity index (χ0v) is 31.4. The van der Waals surface area contributed by atoms with Crippen LogP contribution in [0.2, 0.25) is 0 Å². The average molecular weight is 764 g/mol. The first-order valence-corrected chi connectivity index (χ1v) is 19.0. The third kappa shape index (κ3) is 7.23. The van der Waals surface area contributed by atoms with Gasteiger partial charge in [-0.15, -0.1) is 13.2 Å². The second-order valence-corrected chi connectivity index (χ2v) is 16.5. The number of halogens is 3. The van der Waals surface area contributed by atoms with Gasteiger partial charge in [-0.05, 0) is 68.5 Å². The topological polar surface area (TPSA) is 141 Å². The second-order valence-electron chi connectivity index (χ2n) is 14.8. The van der Waals surface area contributed by atoms with Crippen LogP contribution in [-0.2, 0) is 27.2 Å². The summed E-state index contributed by atoms with van der Waals surface area (Å²) in [6.07, 6.45) is -4.69. The normalized spacial score (nSPS) is 20.5. The Morgan fingerprint density at radius 2 is 1.69 bits per heavy atom. The van der Waals surface area contributed by atoms with Crippen LogP contribution >= 0.6 is 0 Å². The van der Waals surface area contributed by atoms with E-state index in [1.807, 2.05) is 49.7 Å². The fourth-order valence-electron chi connectivity index (χ4n) is 7.49. The van der Waals surface area contributed by atoms with Crippen LogP contribution in [0.5, 0.6) is 5.88 Å². The summed E-state index contributed by atoms with van der Waals surface area (Å²) >= 11 is 0. The number of aromatic nitrogens is 5. The molecule has 54 heavy (non-hydrogen) atoms. The van der Waals surface area contributed by atoms with Crippen LogP contribution in [-0.4, -0.2) is 68.8 Å². The van der Waals surface area contributed by atoms with Crippen molar-refractivity contribution in [1.82, 2.24) is 29.4 Å². The largest absolute Gasteiger partial charge is 0.522 e. The number of nitrogens with zero attached hydrogens (tertiary/aromatic N) is 6. The van der Waals surface area contributed by atoms with Gasteiger partial charge in [-0.1, -0.05) is 45.0 Å². The Hall–Kier alpha value is -5.09. The van der Waals surface area contributed by atoms with E-state index < -0.39 is 47.1 Å². The molecule has 4 bridgehead atoms. The maximum Gasteiger partial charge on any atom is 0.522 e. The Morgan fingerprint density at radius 1 is 0.963 bits per heavy atom. The monoisotopic (exact) mass is 763 g/mol. The van der Waals surface area contributed by atoms with Gasteiger partial charge < -0.3 is 14.2 Å². The average Bonchev–Trinajstić information content (AvgIpc) is 3.33. The molecule has 284 valence electrons. The summed E-state index contributed by atoms with van der Waals surface area (Å²) in [6.45, 7) is 9.43. The molecule has 1 amide bonds. The van der Waals surface area contributed by atoms with Gasteiger partial charge in [-0.25, -0.2) is 23.1 Å². The van der Waals surface area contributed by atoms with Gasteiger partial charge in [0.05, 0.1) is 40.7 Å². The van der Waals surface area contributed by atoms with Crippen LogP contribution in [0.15, 0.2) is 65.7 Å². The van der Waals surface area contributed by atoms with Crippen LogP contribution in [0, 0.1) is 13.8 Å². The zero-order valence-electron chi connectivity index (χ0n) is 30.6. The van der Waals surface area contributed by atoms with Crippen molar-refractivity contribution in [3.05, 3.63) is 88.9 Å². The van der Waals surface area contributed by atoms with E-state index in [1.165, 1.54) is 41.4 Å². The summed E-state index contributed by atoms with van der Waals surface area (Å²) in [7, 11) is -2.51. The number of hydrogen-bond acceptors (Lipinski definition) is 9. The minimum atomic E-state index is -5.04. The zero-order chi connectivity index (χ0) is 38.7. The second kappa shape index (κ2) is 13.6. The van der Waals surface area contributed by atoms with Crippen molar-refractivity contribution in [2.24, 2.45) is 7.05 Å². The molecule has 16 heteroatoms. The maximum absolute atomic E-state index is 14.8. The third-order valence-corrected chi connectivity index (χ3v) is 11.3. The molecule has 3 aromatic heterocycles. The lowest BCUT2D eigenvalue weighted by molar-refractivity contribution is -0.348. The molecule has 0 spiro atoms. The van der Waals surface area contributed by atoms with Gasteiger partial charge in [0, 0.05) is 35.3 Å². The molecule has 2 aliphatic heterocycles. The van der Waals surface area contributed by atoms with Crippen molar-refractivity contribution < 1.29 is 35.9 Å². The molecule has 1 saturated heterocycles. The van der Waals surface area contributed by atoms with E-state index in [2.05, 4.69) is 40.4 Å². The molecule has 12 nitrogen and oxygen atoms in total. The Kier molecular flexibility index (Phi) is 9.41. The fourth-order valence-corrected chi connectivity index (χ4v) is 8.48. The van der Waals surface area contributed by atoms with Crippen LogP contribution in [0.3, 0.4) is 0 Å². The Bertz CT molecular complexity index is 2360. The summed E-state index contributed by atoms with van der Waals surface area (Å²) < 4.78 is 85.2. The highest BCUT2D eigenvalue weighted by molar-refractivity contribution is 7.92. The first-order valence-electron chi connectivity index (χ1n) is 17.5. The van der Waals surface area contributed by atoms with E-state index in [1.54, 1.807) is 0 Å². The highest BCUT2D eigenvalue weighted by Gasteiger charge is 2.46. The quantitative estimate of drug-likeness (QED) is 0.202. The summed E-state index contributed by atoms with van der Waals surface area (Å²) in [5.74, 6) is -1.17. The molecule has 2 aliphatic rings. The van der Waals surface area contributed by atoms with Gasteiger partial charge in [-0.2, -0.15) is 4.98 Å². The minimum Gasteiger partial charge on any atom is -0.475 e. The molecule has 2 aromatic carbocycles. The number of sulfonamides is 1. The molecule has 0 radical (unpaired) electrons. The SMILES string of the molecule is Cc1cccc(C)c1-c1cc2nc(n1)NS(=O)(=O)c1cccc(c1)C(=O)N1[C@H](c3cnc4cc(C(C)(C)C)n(C)c4n3)CCC[C@@H](OC(F)(F)F)[C@@H]1CO2. The van der Waals surface area contributed by atoms with Crippen molar-refractivity contribution in [3.8, 4) is 17.1 Å². The number of ether oxygens (including phenoxy) is 2. The van der Waals surface area contributed by atoms with Crippen molar-refractivity contribution in [3.63, 3.8) is 0 Å². The number of alkyl halides is 3. The minimum absolute atomic E-state index is 0.0690. The standard InChI is InChI=1S/C38H40F3N7O5S/c1-21-10-7-11-22(2)33(21)25-18-32-45-36(44-25)46-54(50,51)24-13-8-12-23(16-24)35(49)48-28(14-9-15-30(29(48)20-52-32)53-38(39,40)41)27-19-42-26-17-31(37(3,4)5)47(6)34(26)43-27/h7-8,10-13,16-19,28-30H,9,14-15,20H2,1-6H3,(H,44,45,46)/t28-,29-,30+/m0/s1. The van der Waals surface area contributed by atoms with E-state index >= 15 is 0 Å². The number of rotatable bonds is 3. The number of anilines is 1. The van der Waals surface area contributed by atoms with Gasteiger partial charge in [0.25, 0.3) is 15.9 Å². The number of nitrogens with one attached hydrogen (secondary N) is 1. The van der Waals surface area contributed by atoms with Crippen molar-refractivity contribution in [1.29, 1.82) is 0 Å². The van der Waals surface area contributed by atoms with Gasteiger partial charge >= 0.3 is 6.36 Å². The van der Waals surface area contributed by atoms with E-state index in [4.69, 9.17) is 14.5 Å². The Labute approximate surface area is 310 Å². The first kappa shape index (κ1) is 37.2. The van der Waals surface area contributed by atoms with Crippen LogP contribution < -0.4 is 9.46 Å². The predicted molar refractivity (Wildman–Crippen MR) is 194 cm³/mol. The fraction of sp³-hybridized carbons (Fsp3) is 0.395. The summed E-state index contributed by atoms with van der Waals surface area (Å²) in [6, 6.07) is 12.1. The number of hydrogen-bond donors (Lipinski definition) is 1. The molecule has 5 heterocycles. The molecule has 7 rings (SSSR count). The molecule has 0 unspecified atom stereocenters. The molecule has 1 fully saturated rings. The van der Waals surface area contributed by atoms with Crippen molar-refractivity contribution in [2.75, 3.05) is 11.3 Å². The van der Waals surface area contributed by atoms with Crippen molar-refractivity contribution >= 4 is 33.0 Å². The van der Waals surface area contributed by atoms with E-state index in [0.29, 0.717) is 28.1 Å². The molecule has 5 aromatic rings. The van der Waals surface area contributed by atoms with Crippen LogP contribution in [0.4, 0.5) is 19.1 Å².